The van der Waals surface area contributed by atoms with Crippen LogP contribution in [0, 0.1) is 0 Å². The van der Waals surface area contributed by atoms with Gasteiger partial charge >= 0.3 is 6.03 Å². The van der Waals surface area contributed by atoms with Crippen LogP contribution in [0.3, 0.4) is 0 Å². The summed E-state index contributed by atoms with van der Waals surface area (Å²) < 4.78 is 0. The molecule has 0 spiro atoms. The van der Waals surface area contributed by atoms with Gasteiger partial charge in [0, 0.05) is 23.9 Å². The van der Waals surface area contributed by atoms with Crippen LogP contribution in [0.2, 0.25) is 0 Å². The largest absolute Gasteiger partial charge is 0.396 e. The molecule has 17 heavy (non-hydrogen) atoms. The highest BCUT2D eigenvalue weighted by molar-refractivity contribution is 8.00. The maximum Gasteiger partial charge on any atom is 0.315 e. The molecule has 1 aliphatic rings. The van der Waals surface area contributed by atoms with Crippen LogP contribution in [0.5, 0.6) is 0 Å². The number of thioether (sulfide) groups is 1. The Morgan fingerprint density at radius 3 is 2.88 bits per heavy atom. The van der Waals surface area contributed by atoms with Gasteiger partial charge in [-0.15, -0.1) is 0 Å². The Kier molecular flexibility index (Phi) is 6.12. The van der Waals surface area contributed by atoms with Crippen molar-refractivity contribution >= 4 is 17.8 Å². The molecule has 4 nitrogen and oxygen atoms in total. The molecule has 2 atom stereocenters. The molecule has 1 saturated heterocycles. The van der Waals surface area contributed by atoms with E-state index in [0.717, 1.165) is 13.0 Å². The maximum atomic E-state index is 11.7. The number of hydrogen-bond acceptors (Lipinski definition) is 3. The monoisotopic (exact) mass is 260 g/mol. The molecule has 0 saturated carbocycles. The number of rotatable bonds is 6. The number of carbonyl (C=O) groups is 1. The van der Waals surface area contributed by atoms with Gasteiger partial charge in [-0.05, 0) is 38.4 Å². The summed E-state index contributed by atoms with van der Waals surface area (Å²) in [5.74, 6) is 1.21. The molecule has 2 unspecified atom stereocenters. The van der Waals surface area contributed by atoms with Crippen molar-refractivity contribution in [3.8, 4) is 0 Å². The molecular formula is C12H24N2O2S. The molecule has 0 bridgehead atoms. The summed E-state index contributed by atoms with van der Waals surface area (Å²) in [7, 11) is 0. The normalized spacial score (nSPS) is 23.1. The highest BCUT2D eigenvalue weighted by Gasteiger charge is 2.24. The van der Waals surface area contributed by atoms with E-state index in [0.29, 0.717) is 11.7 Å². The molecule has 3 N–H and O–H groups in total. The zero-order valence-corrected chi connectivity index (χ0v) is 11.6. The van der Waals surface area contributed by atoms with Crippen LogP contribution in [0.25, 0.3) is 0 Å². The fourth-order valence-corrected chi connectivity index (χ4v) is 3.11. The van der Waals surface area contributed by atoms with Gasteiger partial charge in [0.15, 0.2) is 0 Å². The van der Waals surface area contributed by atoms with Crippen molar-refractivity contribution in [1.29, 1.82) is 0 Å². The number of carbonyl (C=O) groups excluding carboxylic acids is 1. The topological polar surface area (TPSA) is 61.4 Å². The second kappa shape index (κ2) is 7.11. The first-order valence-corrected chi connectivity index (χ1v) is 7.43. The first kappa shape index (κ1) is 14.6. The number of aliphatic hydroxyl groups excluding tert-OH is 1. The number of amides is 2. The molecule has 1 fully saturated rings. The minimum Gasteiger partial charge on any atom is -0.396 e. The van der Waals surface area contributed by atoms with Gasteiger partial charge in [0.1, 0.15) is 0 Å². The van der Waals surface area contributed by atoms with E-state index in [1.54, 1.807) is 0 Å². The van der Waals surface area contributed by atoms with Crippen LogP contribution in [0.15, 0.2) is 0 Å². The molecule has 0 aromatic rings. The Balaban J connectivity index is 2.26. The highest BCUT2D eigenvalue weighted by atomic mass is 32.2. The third kappa shape index (κ3) is 5.17. The Labute approximate surface area is 108 Å². The maximum absolute atomic E-state index is 11.7. The standard InChI is InChI=1S/C12H24N2O2S/c1-3-12(2,6-7-15)14-11(16)13-9-10-5-4-8-17-10/h10,15H,3-9H2,1-2H3,(H2,13,14,16). The summed E-state index contributed by atoms with van der Waals surface area (Å²) in [6.45, 7) is 4.83. The first-order chi connectivity index (χ1) is 8.09. The van der Waals surface area contributed by atoms with Gasteiger partial charge in [-0.1, -0.05) is 6.92 Å². The van der Waals surface area contributed by atoms with Gasteiger partial charge in [0.05, 0.1) is 0 Å². The molecule has 2 amide bonds. The predicted octanol–water partition coefficient (Wildman–Crippen LogP) is 1.73. The molecular weight excluding hydrogens is 236 g/mol. The van der Waals surface area contributed by atoms with Gasteiger partial charge in [-0.2, -0.15) is 11.8 Å². The van der Waals surface area contributed by atoms with E-state index in [1.165, 1.54) is 18.6 Å². The van der Waals surface area contributed by atoms with Gasteiger partial charge < -0.3 is 15.7 Å². The average molecular weight is 260 g/mol. The van der Waals surface area contributed by atoms with Gasteiger partial charge in [0.2, 0.25) is 0 Å². The van der Waals surface area contributed by atoms with Crippen molar-refractivity contribution in [3.05, 3.63) is 0 Å². The molecule has 0 aliphatic carbocycles. The zero-order chi connectivity index (χ0) is 12.7. The second-order valence-corrected chi connectivity index (χ2v) is 6.27. The third-order valence-electron chi connectivity index (χ3n) is 3.37. The average Bonchev–Trinajstić information content (AvgIpc) is 2.79. The quantitative estimate of drug-likeness (QED) is 0.681. The fraction of sp³-hybridized carbons (Fsp3) is 0.917. The molecule has 1 aliphatic heterocycles. The molecule has 100 valence electrons. The molecule has 0 aromatic carbocycles. The molecule has 0 aromatic heterocycles. The fourth-order valence-electron chi connectivity index (χ4n) is 1.90. The summed E-state index contributed by atoms with van der Waals surface area (Å²) in [6, 6.07) is -0.115. The van der Waals surface area contributed by atoms with Crippen LogP contribution < -0.4 is 10.6 Å². The molecule has 5 heteroatoms. The van der Waals surface area contributed by atoms with Gasteiger partial charge in [0.25, 0.3) is 0 Å². The van der Waals surface area contributed by atoms with Crippen LogP contribution >= 0.6 is 11.8 Å². The molecule has 1 heterocycles. The smallest absolute Gasteiger partial charge is 0.315 e. The number of urea groups is 1. The van der Waals surface area contributed by atoms with E-state index < -0.39 is 0 Å². The lowest BCUT2D eigenvalue weighted by molar-refractivity contribution is 0.201. The summed E-state index contributed by atoms with van der Waals surface area (Å²) in [5.41, 5.74) is -0.304. The predicted molar refractivity (Wildman–Crippen MR) is 72.4 cm³/mol. The van der Waals surface area contributed by atoms with Gasteiger partial charge in [-0.3, -0.25) is 0 Å². The lowest BCUT2D eigenvalue weighted by Gasteiger charge is -2.29. The van der Waals surface area contributed by atoms with Crippen molar-refractivity contribution in [3.63, 3.8) is 0 Å². The van der Waals surface area contributed by atoms with E-state index in [4.69, 9.17) is 5.11 Å². The summed E-state index contributed by atoms with van der Waals surface area (Å²) in [4.78, 5) is 11.7. The Morgan fingerprint density at radius 2 is 2.35 bits per heavy atom. The summed E-state index contributed by atoms with van der Waals surface area (Å²) in [6.07, 6.45) is 3.87. The van der Waals surface area contributed by atoms with Crippen molar-refractivity contribution in [2.24, 2.45) is 0 Å². The van der Waals surface area contributed by atoms with E-state index in [1.807, 2.05) is 25.6 Å². The van der Waals surface area contributed by atoms with Crippen molar-refractivity contribution in [1.82, 2.24) is 10.6 Å². The summed E-state index contributed by atoms with van der Waals surface area (Å²) >= 11 is 1.94. The minimum atomic E-state index is -0.304. The number of nitrogens with one attached hydrogen (secondary N) is 2. The molecule has 0 radical (unpaired) electrons. The lowest BCUT2D eigenvalue weighted by Crippen LogP contribution is -2.51. The van der Waals surface area contributed by atoms with Crippen LogP contribution in [-0.4, -0.2) is 40.8 Å². The van der Waals surface area contributed by atoms with Crippen LogP contribution in [-0.2, 0) is 0 Å². The van der Waals surface area contributed by atoms with Crippen LogP contribution in [0.4, 0.5) is 4.79 Å². The summed E-state index contributed by atoms with van der Waals surface area (Å²) in [5, 5.41) is 15.4. The van der Waals surface area contributed by atoms with Crippen molar-refractivity contribution in [2.45, 2.75) is 50.3 Å². The zero-order valence-electron chi connectivity index (χ0n) is 10.8. The Bertz CT molecular complexity index is 245. The second-order valence-electron chi connectivity index (χ2n) is 4.86. The Hall–Kier alpha value is -0.420. The lowest BCUT2D eigenvalue weighted by atomic mass is 9.95. The van der Waals surface area contributed by atoms with E-state index >= 15 is 0 Å². The number of aliphatic hydroxyl groups is 1. The SMILES string of the molecule is CCC(C)(CCO)NC(=O)NCC1CCCS1. The third-order valence-corrected chi connectivity index (χ3v) is 4.77. The molecule has 1 rings (SSSR count). The van der Waals surface area contributed by atoms with Gasteiger partial charge in [-0.25, -0.2) is 4.79 Å². The Morgan fingerprint density at radius 1 is 1.59 bits per heavy atom. The van der Waals surface area contributed by atoms with Crippen LogP contribution in [0.1, 0.15) is 39.5 Å². The number of hydrogen-bond donors (Lipinski definition) is 3. The van der Waals surface area contributed by atoms with E-state index in [-0.39, 0.29) is 18.2 Å². The first-order valence-electron chi connectivity index (χ1n) is 6.38. The van der Waals surface area contributed by atoms with Crippen molar-refractivity contribution in [2.75, 3.05) is 18.9 Å². The van der Waals surface area contributed by atoms with Crippen molar-refractivity contribution < 1.29 is 9.90 Å². The van der Waals surface area contributed by atoms with E-state index in [2.05, 4.69) is 10.6 Å². The highest BCUT2D eigenvalue weighted by Crippen LogP contribution is 2.25. The minimum absolute atomic E-state index is 0.100. The van der Waals surface area contributed by atoms with E-state index in [9.17, 15) is 4.79 Å².